The minimum Gasteiger partial charge on any atom is -0.466 e. The summed E-state index contributed by atoms with van der Waals surface area (Å²) in [6, 6.07) is 15.7. The van der Waals surface area contributed by atoms with Gasteiger partial charge in [-0.2, -0.15) is 0 Å². The molecule has 0 heterocycles. The fourth-order valence-corrected chi connectivity index (χ4v) is 2.59. The molecule has 3 nitrogen and oxygen atoms in total. The van der Waals surface area contributed by atoms with Crippen molar-refractivity contribution in [3.8, 4) is 11.1 Å². The van der Waals surface area contributed by atoms with Crippen molar-refractivity contribution in [3.63, 3.8) is 0 Å². The predicted molar refractivity (Wildman–Crippen MR) is 94.4 cm³/mol. The lowest BCUT2D eigenvalue weighted by molar-refractivity contribution is -0.148. The summed E-state index contributed by atoms with van der Waals surface area (Å²) in [5.74, 6) is -0.557. The third kappa shape index (κ3) is 4.81. The molecule has 2 rings (SSSR count). The molecule has 0 bridgehead atoms. The molecule has 0 aliphatic rings. The summed E-state index contributed by atoms with van der Waals surface area (Å²) in [5.41, 5.74) is 9.41. The van der Waals surface area contributed by atoms with Gasteiger partial charge >= 0.3 is 5.97 Å². The molecule has 0 amide bonds. The van der Waals surface area contributed by atoms with Crippen molar-refractivity contribution in [1.29, 1.82) is 0 Å². The van der Waals surface area contributed by atoms with Crippen LogP contribution in [0.25, 0.3) is 11.1 Å². The average molecular weight is 332 g/mol. The molecule has 2 atom stereocenters. The van der Waals surface area contributed by atoms with Crippen molar-refractivity contribution < 1.29 is 9.53 Å². The van der Waals surface area contributed by atoms with Crippen LogP contribution in [0.4, 0.5) is 0 Å². The summed E-state index contributed by atoms with van der Waals surface area (Å²) in [7, 11) is 0. The van der Waals surface area contributed by atoms with E-state index in [1.165, 1.54) is 0 Å². The predicted octanol–water partition coefficient (Wildman–Crippen LogP) is 4.08. The van der Waals surface area contributed by atoms with Crippen LogP contribution in [0.2, 0.25) is 5.02 Å². The van der Waals surface area contributed by atoms with Crippen LogP contribution < -0.4 is 5.73 Å². The van der Waals surface area contributed by atoms with Crippen molar-refractivity contribution in [2.45, 2.75) is 26.3 Å². The Morgan fingerprint density at radius 1 is 1.17 bits per heavy atom. The van der Waals surface area contributed by atoms with Gasteiger partial charge in [0, 0.05) is 11.1 Å². The Kier molecular flexibility index (Phi) is 6.20. The van der Waals surface area contributed by atoms with Gasteiger partial charge in [-0.05, 0) is 42.2 Å². The van der Waals surface area contributed by atoms with E-state index in [9.17, 15) is 4.79 Å². The Bertz CT molecular complexity index is 655. The van der Waals surface area contributed by atoms with Gasteiger partial charge in [0.2, 0.25) is 0 Å². The highest BCUT2D eigenvalue weighted by Gasteiger charge is 2.22. The van der Waals surface area contributed by atoms with Gasteiger partial charge < -0.3 is 10.5 Å². The van der Waals surface area contributed by atoms with E-state index in [1.807, 2.05) is 55.5 Å². The summed E-state index contributed by atoms with van der Waals surface area (Å²) in [6.45, 7) is 3.98. The smallest absolute Gasteiger partial charge is 0.310 e. The van der Waals surface area contributed by atoms with E-state index in [1.54, 1.807) is 6.92 Å². The minimum atomic E-state index is -0.317. The van der Waals surface area contributed by atoms with Crippen LogP contribution in [0, 0.1) is 5.92 Å². The minimum absolute atomic E-state index is 0.240. The Morgan fingerprint density at radius 2 is 1.87 bits per heavy atom. The second kappa shape index (κ2) is 8.14. The third-order valence-electron chi connectivity index (χ3n) is 3.88. The maximum absolute atomic E-state index is 11.7. The molecule has 23 heavy (non-hydrogen) atoms. The summed E-state index contributed by atoms with van der Waals surface area (Å²) >= 11 is 6.02. The molecule has 0 aromatic heterocycles. The second-order valence-corrected chi connectivity index (χ2v) is 6.05. The lowest BCUT2D eigenvalue weighted by Gasteiger charge is -2.18. The normalized spacial score (nSPS) is 13.4. The standard InChI is InChI=1S/C19H22ClNO2/c1-3-23-19(22)13(2)18(21)11-14-7-9-15(10-8-14)16-5-4-6-17(20)12-16/h4-10,12-13,18H,3,11,21H2,1-2H3/t13-,18?/m1/s1. The molecular weight excluding hydrogens is 310 g/mol. The van der Waals surface area contributed by atoms with Crippen LogP contribution in [0.3, 0.4) is 0 Å². The fourth-order valence-electron chi connectivity index (χ4n) is 2.40. The van der Waals surface area contributed by atoms with Crippen LogP contribution in [-0.4, -0.2) is 18.6 Å². The van der Waals surface area contributed by atoms with Gasteiger partial charge in [0.25, 0.3) is 0 Å². The molecule has 0 aliphatic carbocycles. The van der Waals surface area contributed by atoms with Crippen LogP contribution in [-0.2, 0) is 16.0 Å². The van der Waals surface area contributed by atoms with Crippen LogP contribution in [0.1, 0.15) is 19.4 Å². The number of halogens is 1. The Labute approximate surface area is 142 Å². The molecular formula is C19H22ClNO2. The third-order valence-corrected chi connectivity index (χ3v) is 4.12. The van der Waals surface area contributed by atoms with E-state index in [2.05, 4.69) is 0 Å². The second-order valence-electron chi connectivity index (χ2n) is 5.62. The first kappa shape index (κ1) is 17.5. The number of hydrogen-bond acceptors (Lipinski definition) is 3. The Balaban J connectivity index is 2.04. The molecule has 2 aromatic rings. The first-order valence-electron chi connectivity index (χ1n) is 7.78. The number of nitrogens with two attached hydrogens (primary N) is 1. The first-order chi connectivity index (χ1) is 11.0. The van der Waals surface area contributed by atoms with Crippen molar-refractivity contribution in [2.75, 3.05) is 6.61 Å². The highest BCUT2D eigenvalue weighted by Crippen LogP contribution is 2.23. The van der Waals surface area contributed by atoms with E-state index in [4.69, 9.17) is 22.1 Å². The maximum Gasteiger partial charge on any atom is 0.310 e. The zero-order chi connectivity index (χ0) is 16.8. The number of ether oxygens (including phenoxy) is 1. The monoisotopic (exact) mass is 331 g/mol. The molecule has 0 saturated heterocycles. The van der Waals surface area contributed by atoms with Gasteiger partial charge in [0.05, 0.1) is 12.5 Å². The molecule has 2 aromatic carbocycles. The maximum atomic E-state index is 11.7. The van der Waals surface area contributed by atoms with Crippen LogP contribution in [0.5, 0.6) is 0 Å². The summed E-state index contributed by atoms with van der Waals surface area (Å²) in [6.07, 6.45) is 0.635. The molecule has 122 valence electrons. The summed E-state index contributed by atoms with van der Waals surface area (Å²) in [5, 5.41) is 0.719. The number of carbonyl (C=O) groups is 1. The van der Waals surface area contributed by atoms with Gasteiger partial charge in [-0.1, -0.05) is 54.9 Å². The Morgan fingerprint density at radius 3 is 2.48 bits per heavy atom. The Hall–Kier alpha value is -1.84. The highest BCUT2D eigenvalue weighted by molar-refractivity contribution is 6.30. The molecule has 4 heteroatoms. The first-order valence-corrected chi connectivity index (χ1v) is 8.16. The van der Waals surface area contributed by atoms with E-state index in [0.717, 1.165) is 21.7 Å². The zero-order valence-electron chi connectivity index (χ0n) is 13.5. The van der Waals surface area contributed by atoms with Crippen molar-refractivity contribution in [1.82, 2.24) is 0 Å². The molecule has 0 radical (unpaired) electrons. The van der Waals surface area contributed by atoms with E-state index in [-0.39, 0.29) is 17.9 Å². The summed E-state index contributed by atoms with van der Waals surface area (Å²) in [4.78, 5) is 11.7. The molecule has 0 fully saturated rings. The lowest BCUT2D eigenvalue weighted by atomic mass is 9.94. The quantitative estimate of drug-likeness (QED) is 0.811. The van der Waals surface area contributed by atoms with Crippen molar-refractivity contribution >= 4 is 17.6 Å². The van der Waals surface area contributed by atoms with Gasteiger partial charge in [-0.15, -0.1) is 0 Å². The van der Waals surface area contributed by atoms with Crippen molar-refractivity contribution in [2.24, 2.45) is 11.7 Å². The van der Waals surface area contributed by atoms with Gasteiger partial charge in [0.1, 0.15) is 0 Å². The largest absolute Gasteiger partial charge is 0.466 e. The molecule has 1 unspecified atom stereocenters. The number of benzene rings is 2. The summed E-state index contributed by atoms with van der Waals surface area (Å²) < 4.78 is 5.02. The molecule has 0 aliphatic heterocycles. The van der Waals surface area contributed by atoms with Gasteiger partial charge in [-0.3, -0.25) is 4.79 Å². The van der Waals surface area contributed by atoms with E-state index in [0.29, 0.717) is 13.0 Å². The lowest BCUT2D eigenvalue weighted by Crippen LogP contribution is -2.36. The SMILES string of the molecule is CCOC(=O)[C@H](C)C(N)Cc1ccc(-c2cccc(Cl)c2)cc1. The molecule has 2 N–H and O–H groups in total. The van der Waals surface area contributed by atoms with Crippen LogP contribution >= 0.6 is 11.6 Å². The number of hydrogen-bond donors (Lipinski definition) is 1. The highest BCUT2D eigenvalue weighted by atomic mass is 35.5. The van der Waals surface area contributed by atoms with Crippen LogP contribution in [0.15, 0.2) is 48.5 Å². The number of esters is 1. The van der Waals surface area contributed by atoms with E-state index < -0.39 is 0 Å². The molecule has 0 saturated carbocycles. The topological polar surface area (TPSA) is 52.3 Å². The van der Waals surface area contributed by atoms with Crippen molar-refractivity contribution in [3.05, 3.63) is 59.1 Å². The number of carbonyl (C=O) groups excluding carboxylic acids is 1. The number of rotatable bonds is 6. The zero-order valence-corrected chi connectivity index (χ0v) is 14.2. The van der Waals surface area contributed by atoms with E-state index >= 15 is 0 Å². The molecule has 0 spiro atoms. The van der Waals surface area contributed by atoms with Gasteiger partial charge in [-0.25, -0.2) is 0 Å². The average Bonchev–Trinajstić information content (AvgIpc) is 2.55. The van der Waals surface area contributed by atoms with Gasteiger partial charge in [0.15, 0.2) is 0 Å². The fraction of sp³-hybridized carbons (Fsp3) is 0.316.